The van der Waals surface area contributed by atoms with Gasteiger partial charge in [-0.25, -0.2) is 0 Å². The predicted octanol–water partition coefficient (Wildman–Crippen LogP) is 6.17. The highest BCUT2D eigenvalue weighted by atomic mass is 35.5. The largest absolute Gasteiger partial charge is 0.306 e. The molecule has 6 heteroatoms. The SMILES string of the molecule is CCn1c(SCc2ccc(Cl)c(Cl)c2)nnc1C1CC1c1ccccc1. The normalized spacial score (nSPS) is 18.9. The molecule has 2 atom stereocenters. The lowest BCUT2D eigenvalue weighted by Gasteiger charge is -2.08. The molecule has 1 fully saturated rings. The van der Waals surface area contributed by atoms with Crippen molar-refractivity contribution in [2.75, 3.05) is 0 Å². The molecule has 0 spiro atoms. The molecule has 26 heavy (non-hydrogen) atoms. The molecule has 134 valence electrons. The first-order valence-electron chi connectivity index (χ1n) is 8.72. The fourth-order valence-corrected chi connectivity index (χ4v) is 4.58. The quantitative estimate of drug-likeness (QED) is 0.461. The molecule has 1 saturated carbocycles. The summed E-state index contributed by atoms with van der Waals surface area (Å²) in [5.74, 6) is 2.95. The van der Waals surface area contributed by atoms with Crippen LogP contribution in [0.5, 0.6) is 0 Å². The summed E-state index contributed by atoms with van der Waals surface area (Å²) in [6.45, 7) is 3.03. The average Bonchev–Trinajstić information content (AvgIpc) is 3.36. The van der Waals surface area contributed by atoms with Crippen molar-refractivity contribution in [1.29, 1.82) is 0 Å². The number of hydrogen-bond acceptors (Lipinski definition) is 3. The number of nitrogens with zero attached hydrogens (tertiary/aromatic N) is 3. The molecule has 1 aliphatic carbocycles. The zero-order valence-electron chi connectivity index (χ0n) is 14.4. The van der Waals surface area contributed by atoms with Crippen LogP contribution in [-0.4, -0.2) is 14.8 Å². The highest BCUT2D eigenvalue weighted by Crippen LogP contribution is 2.54. The van der Waals surface area contributed by atoms with Gasteiger partial charge in [0.25, 0.3) is 0 Å². The third-order valence-corrected chi connectivity index (χ3v) is 6.54. The Morgan fingerprint density at radius 1 is 1.04 bits per heavy atom. The van der Waals surface area contributed by atoms with E-state index in [0.717, 1.165) is 35.3 Å². The highest BCUT2D eigenvalue weighted by Gasteiger charge is 2.43. The minimum absolute atomic E-state index is 0.476. The minimum atomic E-state index is 0.476. The standard InChI is InChI=1S/C20H19Cl2N3S/c1-2-25-19(16-11-15(16)14-6-4-3-5-7-14)23-24-20(25)26-12-13-8-9-17(21)18(22)10-13/h3-10,15-16H,2,11-12H2,1H3. The third kappa shape index (κ3) is 3.64. The highest BCUT2D eigenvalue weighted by molar-refractivity contribution is 7.98. The first kappa shape index (κ1) is 17.9. The van der Waals surface area contributed by atoms with Gasteiger partial charge in [0.05, 0.1) is 10.0 Å². The summed E-state index contributed by atoms with van der Waals surface area (Å²) in [5.41, 5.74) is 2.53. The Balaban J connectivity index is 1.48. The maximum atomic E-state index is 6.11. The van der Waals surface area contributed by atoms with Crippen molar-refractivity contribution in [2.45, 2.75) is 42.6 Å². The van der Waals surface area contributed by atoms with E-state index < -0.39 is 0 Å². The van der Waals surface area contributed by atoms with Gasteiger partial charge in [-0.05, 0) is 42.5 Å². The molecular weight excluding hydrogens is 385 g/mol. The second-order valence-electron chi connectivity index (χ2n) is 6.48. The summed E-state index contributed by atoms with van der Waals surface area (Å²) in [6.07, 6.45) is 1.15. The Morgan fingerprint density at radius 2 is 1.85 bits per heavy atom. The van der Waals surface area contributed by atoms with Crippen LogP contribution in [0.3, 0.4) is 0 Å². The smallest absolute Gasteiger partial charge is 0.191 e. The number of thioether (sulfide) groups is 1. The van der Waals surface area contributed by atoms with Crippen LogP contribution in [0, 0.1) is 0 Å². The van der Waals surface area contributed by atoms with Gasteiger partial charge in [0.1, 0.15) is 5.82 Å². The first-order valence-corrected chi connectivity index (χ1v) is 10.5. The van der Waals surface area contributed by atoms with E-state index in [-0.39, 0.29) is 0 Å². The zero-order chi connectivity index (χ0) is 18.1. The fourth-order valence-electron chi connectivity index (χ4n) is 3.30. The van der Waals surface area contributed by atoms with Crippen LogP contribution in [0.25, 0.3) is 0 Å². The van der Waals surface area contributed by atoms with Gasteiger partial charge in [-0.3, -0.25) is 0 Å². The van der Waals surface area contributed by atoms with Crippen LogP contribution in [0.15, 0.2) is 53.7 Å². The Kier molecular flexibility index (Phi) is 5.25. The number of benzene rings is 2. The van der Waals surface area contributed by atoms with E-state index in [1.807, 2.05) is 18.2 Å². The molecule has 0 radical (unpaired) electrons. The molecule has 1 aliphatic rings. The van der Waals surface area contributed by atoms with Crippen LogP contribution in [0.1, 0.15) is 42.1 Å². The van der Waals surface area contributed by atoms with Crippen molar-refractivity contribution >= 4 is 35.0 Å². The van der Waals surface area contributed by atoms with E-state index in [9.17, 15) is 0 Å². The van der Waals surface area contributed by atoms with Crippen LogP contribution in [0.4, 0.5) is 0 Å². The average molecular weight is 404 g/mol. The molecule has 1 aromatic heterocycles. The second kappa shape index (κ2) is 7.63. The second-order valence-corrected chi connectivity index (χ2v) is 8.24. The molecule has 0 amide bonds. The van der Waals surface area contributed by atoms with Crippen molar-refractivity contribution in [1.82, 2.24) is 14.8 Å². The van der Waals surface area contributed by atoms with Gasteiger partial charge in [0, 0.05) is 18.2 Å². The lowest BCUT2D eigenvalue weighted by molar-refractivity contribution is 0.640. The Hall–Kier alpha value is -1.49. The first-order chi connectivity index (χ1) is 12.7. The summed E-state index contributed by atoms with van der Waals surface area (Å²) < 4.78 is 2.25. The molecule has 0 bridgehead atoms. The molecule has 2 unspecified atom stereocenters. The van der Waals surface area contributed by atoms with Gasteiger partial charge in [0.2, 0.25) is 0 Å². The molecule has 0 N–H and O–H groups in total. The fraction of sp³-hybridized carbons (Fsp3) is 0.300. The van der Waals surface area contributed by atoms with E-state index in [4.69, 9.17) is 23.2 Å². The van der Waals surface area contributed by atoms with Crippen molar-refractivity contribution < 1.29 is 0 Å². The lowest BCUT2D eigenvalue weighted by Crippen LogP contribution is -2.03. The summed E-state index contributed by atoms with van der Waals surface area (Å²) >= 11 is 13.8. The van der Waals surface area contributed by atoms with Gasteiger partial charge in [0.15, 0.2) is 5.16 Å². The Bertz CT molecular complexity index is 911. The molecule has 3 aromatic rings. The molecular formula is C20H19Cl2N3S. The number of rotatable bonds is 6. The van der Waals surface area contributed by atoms with E-state index in [2.05, 4.69) is 52.0 Å². The molecule has 3 nitrogen and oxygen atoms in total. The molecule has 4 rings (SSSR count). The van der Waals surface area contributed by atoms with E-state index in [1.54, 1.807) is 11.8 Å². The van der Waals surface area contributed by atoms with Crippen molar-refractivity contribution in [3.05, 3.63) is 75.5 Å². The van der Waals surface area contributed by atoms with E-state index >= 15 is 0 Å². The lowest BCUT2D eigenvalue weighted by atomic mass is 10.1. The number of hydrogen-bond donors (Lipinski definition) is 0. The van der Waals surface area contributed by atoms with Gasteiger partial charge < -0.3 is 4.57 Å². The minimum Gasteiger partial charge on any atom is -0.306 e. The van der Waals surface area contributed by atoms with Crippen LogP contribution in [-0.2, 0) is 12.3 Å². The van der Waals surface area contributed by atoms with Gasteiger partial charge in [-0.15, -0.1) is 10.2 Å². The molecule has 1 heterocycles. The van der Waals surface area contributed by atoms with E-state index in [1.165, 1.54) is 5.56 Å². The zero-order valence-corrected chi connectivity index (χ0v) is 16.7. The van der Waals surface area contributed by atoms with Gasteiger partial charge >= 0.3 is 0 Å². The maximum absolute atomic E-state index is 6.11. The summed E-state index contributed by atoms with van der Waals surface area (Å²) in [4.78, 5) is 0. The van der Waals surface area contributed by atoms with Gasteiger partial charge in [-0.1, -0.05) is 71.4 Å². The van der Waals surface area contributed by atoms with Crippen molar-refractivity contribution in [2.24, 2.45) is 0 Å². The van der Waals surface area contributed by atoms with Crippen LogP contribution < -0.4 is 0 Å². The summed E-state index contributed by atoms with van der Waals surface area (Å²) in [7, 11) is 0. The van der Waals surface area contributed by atoms with E-state index in [0.29, 0.717) is 21.9 Å². The molecule has 0 saturated heterocycles. The third-order valence-electron chi connectivity index (χ3n) is 4.76. The summed E-state index contributed by atoms with van der Waals surface area (Å²) in [6, 6.07) is 16.4. The van der Waals surface area contributed by atoms with Crippen molar-refractivity contribution in [3.8, 4) is 0 Å². The van der Waals surface area contributed by atoms with Crippen LogP contribution >= 0.6 is 35.0 Å². The van der Waals surface area contributed by atoms with Crippen molar-refractivity contribution in [3.63, 3.8) is 0 Å². The number of halogens is 2. The Morgan fingerprint density at radius 3 is 2.58 bits per heavy atom. The molecule has 0 aliphatic heterocycles. The Labute approximate surface area is 167 Å². The topological polar surface area (TPSA) is 30.7 Å². The predicted molar refractivity (Wildman–Crippen MR) is 108 cm³/mol. The summed E-state index contributed by atoms with van der Waals surface area (Å²) in [5, 5.41) is 11.1. The van der Waals surface area contributed by atoms with Gasteiger partial charge in [-0.2, -0.15) is 0 Å². The monoisotopic (exact) mass is 403 g/mol. The molecule has 2 aromatic carbocycles. The number of aromatic nitrogens is 3. The van der Waals surface area contributed by atoms with Crippen LogP contribution in [0.2, 0.25) is 10.0 Å². The maximum Gasteiger partial charge on any atom is 0.191 e.